The first-order valence-electron chi connectivity index (χ1n) is 15.1. The Morgan fingerprint density at radius 3 is 2.43 bits per heavy atom. The van der Waals surface area contributed by atoms with E-state index < -0.39 is 23.8 Å². The van der Waals surface area contributed by atoms with Gasteiger partial charge in [-0.15, -0.1) is 0 Å². The molecule has 1 aromatic heterocycles. The lowest BCUT2D eigenvalue weighted by atomic mass is 9.99. The maximum absolute atomic E-state index is 14.0. The van der Waals surface area contributed by atoms with E-state index in [9.17, 15) is 19.5 Å². The molecule has 2 heterocycles. The number of thioether (sulfide) groups is 1. The van der Waals surface area contributed by atoms with Crippen LogP contribution in [0, 0.1) is 6.92 Å². The Balaban J connectivity index is 1.34. The number of carbonyl (C=O) groups excluding carboxylic acids is 3. The van der Waals surface area contributed by atoms with Crippen LogP contribution >= 0.6 is 11.8 Å². The van der Waals surface area contributed by atoms with Crippen molar-refractivity contribution in [2.75, 3.05) is 23.4 Å². The molecular formula is C35H39N5O5S. The van der Waals surface area contributed by atoms with E-state index in [0.29, 0.717) is 40.6 Å². The van der Waals surface area contributed by atoms with Gasteiger partial charge in [0.15, 0.2) is 0 Å². The number of ether oxygens (including phenoxy) is 1. The number of carbonyl (C=O) groups is 3. The van der Waals surface area contributed by atoms with Gasteiger partial charge in [-0.25, -0.2) is 4.79 Å². The van der Waals surface area contributed by atoms with E-state index in [1.807, 2.05) is 50.5 Å². The minimum absolute atomic E-state index is 0.148. The molecule has 0 spiro atoms. The zero-order valence-corrected chi connectivity index (χ0v) is 27.4. The molecule has 1 unspecified atom stereocenters. The third kappa shape index (κ3) is 7.71. The summed E-state index contributed by atoms with van der Waals surface area (Å²) in [5.41, 5.74) is 4.44. The van der Waals surface area contributed by atoms with Crippen molar-refractivity contribution in [1.29, 1.82) is 0 Å². The first-order chi connectivity index (χ1) is 21.9. The van der Waals surface area contributed by atoms with Gasteiger partial charge in [-0.3, -0.25) is 14.3 Å². The SMILES string of the molecule is Cc1ccc(O)c(-c2nn(C)cc2-c2ccc(NC(=O)C3CSCCN3C(=O)[C@H](NC(=O)OC(C)(C)C)c3ccccc3)cc2)c1. The minimum Gasteiger partial charge on any atom is -0.507 e. The molecule has 0 bridgehead atoms. The standard InChI is InChI=1S/C35H39N5O5S/c1-22-11-16-29(41)26(19-22)31-27(20-39(5)38-31)23-12-14-25(15-13-23)36-32(42)28-21-46-18-17-40(28)33(43)30(24-9-7-6-8-10-24)37-34(44)45-35(2,3)4/h6-16,19-20,28,30,41H,17-18,21H2,1-5H3,(H,36,42)(H,37,44)/t28?,30-/m1/s1. The lowest BCUT2D eigenvalue weighted by Gasteiger charge is -2.37. The molecule has 240 valence electrons. The fraction of sp³-hybridized carbons (Fsp3) is 0.314. The van der Waals surface area contributed by atoms with Crippen LogP contribution in [0.5, 0.6) is 5.75 Å². The molecule has 3 aromatic carbocycles. The molecule has 11 heteroatoms. The van der Waals surface area contributed by atoms with Crippen molar-refractivity contribution in [3.63, 3.8) is 0 Å². The first kappa shape index (κ1) is 32.6. The maximum atomic E-state index is 14.0. The number of aromatic nitrogens is 2. The van der Waals surface area contributed by atoms with Gasteiger partial charge >= 0.3 is 6.09 Å². The van der Waals surface area contributed by atoms with Crippen LogP contribution in [0.15, 0.2) is 79.0 Å². The molecule has 1 aliphatic heterocycles. The summed E-state index contributed by atoms with van der Waals surface area (Å²) in [4.78, 5) is 41.9. The zero-order chi connectivity index (χ0) is 33.0. The molecule has 0 radical (unpaired) electrons. The monoisotopic (exact) mass is 641 g/mol. The van der Waals surface area contributed by atoms with Gasteiger partial charge in [0, 0.05) is 48.1 Å². The summed E-state index contributed by atoms with van der Waals surface area (Å²) in [6.45, 7) is 7.58. The summed E-state index contributed by atoms with van der Waals surface area (Å²) in [5, 5.41) is 20.8. The number of nitrogens with zero attached hydrogens (tertiary/aromatic N) is 3. The van der Waals surface area contributed by atoms with E-state index in [1.54, 1.807) is 84.6 Å². The van der Waals surface area contributed by atoms with E-state index in [1.165, 1.54) is 0 Å². The number of rotatable bonds is 7. The van der Waals surface area contributed by atoms with Crippen LogP contribution in [0.2, 0.25) is 0 Å². The largest absolute Gasteiger partial charge is 0.507 e. The predicted molar refractivity (Wildman–Crippen MR) is 180 cm³/mol. The number of hydrogen-bond donors (Lipinski definition) is 3. The topological polar surface area (TPSA) is 126 Å². The molecule has 0 aliphatic carbocycles. The summed E-state index contributed by atoms with van der Waals surface area (Å²) < 4.78 is 7.15. The van der Waals surface area contributed by atoms with Gasteiger partial charge in [0.2, 0.25) is 5.91 Å². The van der Waals surface area contributed by atoms with E-state index in [2.05, 4.69) is 15.7 Å². The van der Waals surface area contributed by atoms with E-state index in [-0.39, 0.29) is 17.6 Å². The number of aromatic hydroxyl groups is 1. The normalized spacial score (nSPS) is 15.6. The van der Waals surface area contributed by atoms with Crippen molar-refractivity contribution in [1.82, 2.24) is 20.0 Å². The lowest BCUT2D eigenvalue weighted by molar-refractivity contribution is -0.139. The molecule has 46 heavy (non-hydrogen) atoms. The quantitative estimate of drug-likeness (QED) is 0.229. The summed E-state index contributed by atoms with van der Waals surface area (Å²) in [7, 11) is 1.83. The molecule has 10 nitrogen and oxygen atoms in total. The molecule has 1 fully saturated rings. The second kappa shape index (κ2) is 13.7. The molecule has 1 aliphatic rings. The molecule has 3 amide bonds. The second-order valence-corrected chi connectivity index (χ2v) is 13.4. The fourth-order valence-corrected chi connectivity index (χ4v) is 6.35. The number of alkyl carbamates (subject to hydrolysis) is 1. The highest BCUT2D eigenvalue weighted by Crippen LogP contribution is 2.36. The van der Waals surface area contributed by atoms with Crippen molar-refractivity contribution in [2.24, 2.45) is 7.05 Å². The third-order valence-electron chi connectivity index (χ3n) is 7.45. The summed E-state index contributed by atoms with van der Waals surface area (Å²) in [6, 6.07) is 20.0. The number of hydrogen-bond acceptors (Lipinski definition) is 7. The van der Waals surface area contributed by atoms with Gasteiger partial charge in [-0.05, 0) is 63.1 Å². The van der Waals surface area contributed by atoms with Gasteiger partial charge in [0.1, 0.15) is 29.1 Å². The van der Waals surface area contributed by atoms with E-state index in [0.717, 1.165) is 16.7 Å². The number of phenols is 1. The Bertz CT molecular complexity index is 1720. The van der Waals surface area contributed by atoms with Gasteiger partial charge < -0.3 is 25.4 Å². The van der Waals surface area contributed by atoms with Gasteiger partial charge in [-0.2, -0.15) is 16.9 Å². The van der Waals surface area contributed by atoms with Crippen molar-refractivity contribution in [2.45, 2.75) is 45.4 Å². The number of nitrogens with one attached hydrogen (secondary N) is 2. The molecular weight excluding hydrogens is 602 g/mol. The van der Waals surface area contributed by atoms with Gasteiger partial charge in [0.05, 0.1) is 0 Å². The molecule has 3 N–H and O–H groups in total. The predicted octanol–water partition coefficient (Wildman–Crippen LogP) is 5.92. The van der Waals surface area contributed by atoms with Crippen molar-refractivity contribution >= 4 is 35.4 Å². The molecule has 1 saturated heterocycles. The molecule has 5 rings (SSSR count). The zero-order valence-electron chi connectivity index (χ0n) is 26.6. The highest BCUT2D eigenvalue weighted by atomic mass is 32.2. The van der Waals surface area contributed by atoms with Gasteiger partial charge in [-0.1, -0.05) is 54.1 Å². The third-order valence-corrected chi connectivity index (χ3v) is 8.48. The van der Waals surface area contributed by atoms with Crippen LogP contribution in [0.1, 0.15) is 37.9 Å². The average molecular weight is 642 g/mol. The summed E-state index contributed by atoms with van der Waals surface area (Å²) in [5.74, 6) is 0.542. The molecule has 4 aromatic rings. The molecule has 0 saturated carbocycles. The number of amides is 3. The Morgan fingerprint density at radius 1 is 1.02 bits per heavy atom. The summed E-state index contributed by atoms with van der Waals surface area (Å²) in [6.07, 6.45) is 1.18. The average Bonchev–Trinajstić information content (AvgIpc) is 3.41. The maximum Gasteiger partial charge on any atom is 0.408 e. The van der Waals surface area contributed by atoms with E-state index in [4.69, 9.17) is 4.74 Å². The number of anilines is 1. The Morgan fingerprint density at radius 2 is 1.74 bits per heavy atom. The number of phenolic OH excluding ortho intramolecular Hbond substituents is 1. The number of aryl methyl sites for hydroxylation is 2. The minimum atomic E-state index is -1.02. The van der Waals surface area contributed by atoms with Crippen LogP contribution in [0.4, 0.5) is 10.5 Å². The lowest BCUT2D eigenvalue weighted by Crippen LogP contribution is -2.55. The van der Waals surface area contributed by atoms with Crippen LogP contribution in [0.3, 0.4) is 0 Å². The van der Waals surface area contributed by atoms with Gasteiger partial charge in [0.25, 0.3) is 5.91 Å². The van der Waals surface area contributed by atoms with Crippen molar-refractivity contribution in [3.8, 4) is 28.1 Å². The fourth-order valence-electron chi connectivity index (χ4n) is 5.31. The van der Waals surface area contributed by atoms with Crippen LogP contribution in [0.25, 0.3) is 22.4 Å². The highest BCUT2D eigenvalue weighted by molar-refractivity contribution is 7.99. The van der Waals surface area contributed by atoms with Crippen LogP contribution < -0.4 is 10.6 Å². The Labute approximate surface area is 273 Å². The first-order valence-corrected chi connectivity index (χ1v) is 16.2. The van der Waals surface area contributed by atoms with Crippen LogP contribution in [-0.4, -0.2) is 67.4 Å². The Kier molecular flexibility index (Phi) is 9.71. The van der Waals surface area contributed by atoms with Crippen molar-refractivity contribution in [3.05, 3.63) is 90.1 Å². The smallest absolute Gasteiger partial charge is 0.408 e. The second-order valence-electron chi connectivity index (χ2n) is 12.3. The summed E-state index contributed by atoms with van der Waals surface area (Å²) >= 11 is 1.60. The van der Waals surface area contributed by atoms with Crippen LogP contribution in [-0.2, 0) is 21.4 Å². The Hall–Kier alpha value is -4.77. The number of benzene rings is 3. The molecule has 2 atom stereocenters. The van der Waals surface area contributed by atoms with E-state index >= 15 is 0 Å². The highest BCUT2D eigenvalue weighted by Gasteiger charge is 2.37. The van der Waals surface area contributed by atoms with Crippen molar-refractivity contribution < 1.29 is 24.2 Å².